The highest BCUT2D eigenvalue weighted by Crippen LogP contribution is 2.24. The van der Waals surface area contributed by atoms with E-state index < -0.39 is 0 Å². The van der Waals surface area contributed by atoms with E-state index in [2.05, 4.69) is 15.9 Å². The Kier molecular flexibility index (Phi) is 4.11. The van der Waals surface area contributed by atoms with Crippen molar-refractivity contribution in [3.8, 4) is 5.75 Å². The first-order valence-corrected chi connectivity index (χ1v) is 7.52. The van der Waals surface area contributed by atoms with Gasteiger partial charge in [-0.05, 0) is 46.3 Å². The highest BCUT2D eigenvalue weighted by Gasteiger charge is 2.09. The number of benzene rings is 2. The highest BCUT2D eigenvalue weighted by molar-refractivity contribution is 9.10. The van der Waals surface area contributed by atoms with Gasteiger partial charge in [-0.15, -0.1) is 0 Å². The first-order chi connectivity index (χ1) is 10.7. The minimum Gasteiger partial charge on any atom is -0.496 e. The van der Waals surface area contributed by atoms with Gasteiger partial charge in [-0.25, -0.2) is 0 Å². The number of methoxy groups -OCH3 is 1. The molecule has 3 nitrogen and oxygen atoms in total. The monoisotopic (exact) mass is 356 g/mol. The lowest BCUT2D eigenvalue weighted by molar-refractivity contribution is 0.414. The summed E-state index contributed by atoms with van der Waals surface area (Å²) in [6, 6.07) is 14.8. The summed E-state index contributed by atoms with van der Waals surface area (Å²) in [5, 5.41) is 0.559. The third kappa shape index (κ3) is 2.70. The number of rotatable bonds is 3. The van der Waals surface area contributed by atoms with E-state index in [1.165, 1.54) is 0 Å². The van der Waals surface area contributed by atoms with Crippen LogP contribution in [0, 0.1) is 0 Å². The van der Waals surface area contributed by atoms with Gasteiger partial charge >= 0.3 is 0 Å². The molecule has 22 heavy (non-hydrogen) atoms. The van der Waals surface area contributed by atoms with Crippen molar-refractivity contribution >= 4 is 39.1 Å². The van der Waals surface area contributed by atoms with Crippen LogP contribution in [0.5, 0.6) is 5.75 Å². The minimum atomic E-state index is -0.0819. The Labute approximate surface area is 136 Å². The Balaban J connectivity index is 2.09. The van der Waals surface area contributed by atoms with Crippen molar-refractivity contribution in [3.63, 3.8) is 0 Å². The van der Waals surface area contributed by atoms with Crippen LogP contribution in [-0.4, -0.2) is 7.11 Å². The molecule has 0 radical (unpaired) electrons. The summed E-state index contributed by atoms with van der Waals surface area (Å²) in [5.74, 6) is 1.24. The summed E-state index contributed by atoms with van der Waals surface area (Å²) in [6.07, 6.45) is 3.62. The van der Waals surface area contributed by atoms with Gasteiger partial charge < -0.3 is 9.15 Å². The number of hydrogen-bond acceptors (Lipinski definition) is 3. The van der Waals surface area contributed by atoms with Gasteiger partial charge in [0.15, 0.2) is 0 Å². The standard InChI is InChI=1S/C18H13BrO3/c1-21-14-8-4-2-6-12(14)10-11-16-17(19)18(20)13-7-3-5-9-15(13)22-16/h2-11H,1H3/b11-10-. The average Bonchev–Trinajstić information content (AvgIpc) is 2.57. The first-order valence-electron chi connectivity index (χ1n) is 6.73. The number of hydrogen-bond donors (Lipinski definition) is 0. The number of para-hydroxylation sites is 2. The molecule has 1 heterocycles. The lowest BCUT2D eigenvalue weighted by Crippen LogP contribution is -2.03. The minimum absolute atomic E-state index is 0.0819. The molecule has 110 valence electrons. The predicted molar refractivity (Wildman–Crippen MR) is 92.1 cm³/mol. The molecule has 0 unspecified atom stereocenters. The molecule has 0 spiro atoms. The van der Waals surface area contributed by atoms with E-state index in [1.807, 2.05) is 42.5 Å². The van der Waals surface area contributed by atoms with E-state index >= 15 is 0 Å². The summed E-state index contributed by atoms with van der Waals surface area (Å²) in [7, 11) is 1.62. The Morgan fingerprint density at radius 3 is 2.59 bits per heavy atom. The van der Waals surface area contributed by atoms with Crippen LogP contribution in [-0.2, 0) is 0 Å². The second kappa shape index (κ2) is 6.20. The molecule has 0 atom stereocenters. The Bertz CT molecular complexity index is 910. The lowest BCUT2D eigenvalue weighted by Gasteiger charge is -2.04. The number of halogens is 1. The van der Waals surface area contributed by atoms with Crippen LogP contribution in [0.1, 0.15) is 11.3 Å². The fourth-order valence-electron chi connectivity index (χ4n) is 2.21. The molecule has 3 rings (SSSR count). The highest BCUT2D eigenvalue weighted by atomic mass is 79.9. The number of ether oxygens (including phenoxy) is 1. The van der Waals surface area contributed by atoms with E-state index in [9.17, 15) is 4.79 Å². The van der Waals surface area contributed by atoms with Gasteiger partial charge in [0.2, 0.25) is 5.43 Å². The van der Waals surface area contributed by atoms with E-state index in [0.29, 0.717) is 21.2 Å². The maximum absolute atomic E-state index is 12.3. The Morgan fingerprint density at radius 2 is 1.77 bits per heavy atom. The molecule has 0 aliphatic carbocycles. The molecule has 0 bridgehead atoms. The van der Waals surface area contributed by atoms with E-state index in [4.69, 9.17) is 9.15 Å². The molecular formula is C18H13BrO3. The molecule has 0 saturated heterocycles. The zero-order valence-corrected chi connectivity index (χ0v) is 13.5. The third-order valence-corrected chi connectivity index (χ3v) is 4.07. The van der Waals surface area contributed by atoms with Gasteiger partial charge in [-0.1, -0.05) is 30.3 Å². The van der Waals surface area contributed by atoms with Crippen LogP contribution in [0.4, 0.5) is 0 Å². The lowest BCUT2D eigenvalue weighted by atomic mass is 10.1. The quantitative estimate of drug-likeness (QED) is 0.680. The summed E-state index contributed by atoms with van der Waals surface area (Å²) in [4.78, 5) is 12.3. The molecule has 0 N–H and O–H groups in total. The fourth-order valence-corrected chi connectivity index (χ4v) is 2.64. The smallest absolute Gasteiger partial charge is 0.207 e. The molecule has 0 amide bonds. The molecule has 0 saturated carbocycles. The Morgan fingerprint density at radius 1 is 1.05 bits per heavy atom. The second-order valence-corrected chi connectivity index (χ2v) is 5.47. The topological polar surface area (TPSA) is 39.4 Å². The Hall–Kier alpha value is -2.33. The van der Waals surface area contributed by atoms with Crippen LogP contribution >= 0.6 is 15.9 Å². The summed E-state index contributed by atoms with van der Waals surface area (Å²) in [5.41, 5.74) is 1.39. The van der Waals surface area contributed by atoms with Gasteiger partial charge in [0.25, 0.3) is 0 Å². The van der Waals surface area contributed by atoms with Crippen LogP contribution in [0.25, 0.3) is 23.1 Å². The maximum atomic E-state index is 12.3. The molecule has 4 heteroatoms. The van der Waals surface area contributed by atoms with Crippen molar-refractivity contribution in [1.82, 2.24) is 0 Å². The predicted octanol–water partition coefficient (Wildman–Crippen LogP) is 4.73. The van der Waals surface area contributed by atoms with Crippen LogP contribution in [0.3, 0.4) is 0 Å². The maximum Gasteiger partial charge on any atom is 0.207 e. The molecule has 1 aromatic heterocycles. The molecule has 2 aromatic carbocycles. The van der Waals surface area contributed by atoms with Crippen LogP contribution in [0.2, 0.25) is 0 Å². The summed E-state index contributed by atoms with van der Waals surface area (Å²) < 4.78 is 11.5. The van der Waals surface area contributed by atoms with Crippen molar-refractivity contribution in [2.24, 2.45) is 0 Å². The zero-order chi connectivity index (χ0) is 15.5. The van der Waals surface area contributed by atoms with Gasteiger partial charge in [-0.2, -0.15) is 0 Å². The SMILES string of the molecule is COc1ccccc1/C=C\c1oc2ccccc2c(=O)c1Br. The van der Waals surface area contributed by atoms with E-state index in [1.54, 1.807) is 25.3 Å². The molecule has 0 aliphatic rings. The first kappa shape index (κ1) is 14.6. The largest absolute Gasteiger partial charge is 0.496 e. The summed E-state index contributed by atoms with van der Waals surface area (Å²) in [6.45, 7) is 0. The van der Waals surface area contributed by atoms with Crippen molar-refractivity contribution in [1.29, 1.82) is 0 Å². The number of fused-ring (bicyclic) bond motifs is 1. The van der Waals surface area contributed by atoms with Gasteiger partial charge in [0.1, 0.15) is 21.6 Å². The summed E-state index contributed by atoms with van der Waals surface area (Å²) >= 11 is 3.32. The van der Waals surface area contributed by atoms with Crippen molar-refractivity contribution < 1.29 is 9.15 Å². The van der Waals surface area contributed by atoms with Crippen LogP contribution < -0.4 is 10.2 Å². The van der Waals surface area contributed by atoms with Crippen LogP contribution in [0.15, 0.2) is 62.2 Å². The van der Waals surface area contributed by atoms with Crippen molar-refractivity contribution in [3.05, 3.63) is 74.6 Å². The normalized spacial score (nSPS) is 11.2. The van der Waals surface area contributed by atoms with Crippen molar-refractivity contribution in [2.75, 3.05) is 7.11 Å². The molecule has 3 aromatic rings. The second-order valence-electron chi connectivity index (χ2n) is 4.68. The fraction of sp³-hybridized carbons (Fsp3) is 0.0556. The van der Waals surface area contributed by atoms with Gasteiger partial charge in [0, 0.05) is 5.56 Å². The molecule has 0 aliphatic heterocycles. The van der Waals surface area contributed by atoms with E-state index in [0.717, 1.165) is 11.3 Å². The molecular weight excluding hydrogens is 344 g/mol. The average molecular weight is 357 g/mol. The molecule has 0 fully saturated rings. The van der Waals surface area contributed by atoms with E-state index in [-0.39, 0.29) is 5.43 Å². The van der Waals surface area contributed by atoms with Crippen molar-refractivity contribution in [2.45, 2.75) is 0 Å². The van der Waals surface area contributed by atoms with Gasteiger partial charge in [-0.3, -0.25) is 4.79 Å². The zero-order valence-electron chi connectivity index (χ0n) is 11.9. The van der Waals surface area contributed by atoms with Gasteiger partial charge in [0.05, 0.1) is 12.5 Å². The third-order valence-electron chi connectivity index (χ3n) is 3.32.